The minimum Gasteiger partial charge on any atom is -0.387 e. The number of carbonyl (C=O) groups excluding carboxylic acids is 4. The van der Waals surface area contributed by atoms with Crippen molar-refractivity contribution >= 4 is 67.0 Å². The minimum absolute atomic E-state index is 0.102. The highest BCUT2D eigenvalue weighted by atomic mass is 16.5. The third kappa shape index (κ3) is 17.6. The van der Waals surface area contributed by atoms with Gasteiger partial charge in [-0.05, 0) is 401 Å². The molecule has 0 aliphatic heterocycles. The van der Waals surface area contributed by atoms with E-state index < -0.39 is 22.4 Å². The minimum atomic E-state index is -0.627. The molecule has 16 aliphatic carbocycles. The van der Waals surface area contributed by atoms with Gasteiger partial charge in [0, 0.05) is 93.9 Å². The Morgan fingerprint density at radius 2 is 0.684 bits per heavy atom. The quantitative estimate of drug-likeness (QED) is 0.0551. The lowest BCUT2D eigenvalue weighted by Crippen LogP contribution is -2.52. The maximum Gasteiger partial charge on any atom is 0.159 e. The molecule has 0 saturated heterocycles. The van der Waals surface area contributed by atoms with E-state index in [9.17, 15) is 39.6 Å². The van der Waals surface area contributed by atoms with Crippen LogP contribution in [0.15, 0.2) is 92.3 Å². The normalized spacial score (nSPS) is 41.6. The van der Waals surface area contributed by atoms with Gasteiger partial charge in [0.1, 0.15) is 40.7 Å². The van der Waals surface area contributed by atoms with E-state index in [0.29, 0.717) is 117 Å². The Hall–Kier alpha value is -7.23. The summed E-state index contributed by atoms with van der Waals surface area (Å²) in [6.07, 6.45) is 58.2. The summed E-state index contributed by atoms with van der Waals surface area (Å²) in [5.41, 5.74) is 3.04. The molecule has 0 bridgehead atoms. The topological polar surface area (TPSA) is 322 Å². The van der Waals surface area contributed by atoms with Crippen LogP contribution in [0.3, 0.4) is 0 Å². The third-order valence-corrected chi connectivity index (χ3v) is 42.2. The van der Waals surface area contributed by atoms with Crippen LogP contribution < -0.4 is 0 Å². The molecule has 8 aromatic heterocycles. The SMILES string of the molecule is COC[C@@]1(O)CC[C@H]2[C@@H](CC[C@@H]3[C@@H]2CC[C@]2(C)[C@@H](C(=O)Cn4cc5ccncc5n4)CC[C@@H]32)C1.COC[C@@]1(O)CC[C@H]2[C@@H](CC[C@@H]3[C@@H]2CC[C@]2(C)[C@@H](C(=O)Cn4cc5ncccc5n4)CC[C@@H]32)C1.COC[C@@]1(O)CC[C@H]2[C@@H](CC[C@@H]3[C@@H]2CC[C@]2(C)[C@@H](C(=O)Cn4nc5ccncc5n4)CC[C@@H]32)C1.COC[C@@]1(O)CC[C@H]2[C@@H](CC[C@@H]3[C@@H]2CC[C@]2(C)[C@@H](C(=O)Cn4ncc5ccncc54)CC[C@@H]32)C1. The molecule has 0 unspecified atom stereocenters. The molecular weight excluding hydrogens is 1710 g/mol. The highest BCUT2D eigenvalue weighted by Crippen LogP contribution is 2.70. The van der Waals surface area contributed by atoms with Crippen LogP contribution in [-0.4, -0.2) is 185 Å². The van der Waals surface area contributed by atoms with Crippen LogP contribution in [-0.2, 0) is 64.3 Å². The summed E-state index contributed by atoms with van der Waals surface area (Å²) in [7, 11) is 6.80. The second kappa shape index (κ2) is 37.9. The molecule has 25 heteroatoms. The molecule has 0 radical (unpaired) electrons. The summed E-state index contributed by atoms with van der Waals surface area (Å²) in [6.45, 7) is 12.9. The zero-order valence-electron chi connectivity index (χ0n) is 82.5. The second-order valence-corrected chi connectivity index (χ2v) is 48.7. The van der Waals surface area contributed by atoms with E-state index in [2.05, 4.69) is 73.1 Å². The van der Waals surface area contributed by atoms with Gasteiger partial charge in [-0.3, -0.25) is 53.2 Å². The third-order valence-electron chi connectivity index (χ3n) is 42.2. The van der Waals surface area contributed by atoms with Crippen molar-refractivity contribution in [3.05, 3.63) is 92.3 Å². The fraction of sp³-hybridized carbons (Fsp3) is 0.757. The average Bonchev–Trinajstić information content (AvgIpc) is 1.51. The molecule has 8 heterocycles. The lowest BCUT2D eigenvalue weighted by atomic mass is 9.49. The van der Waals surface area contributed by atoms with E-state index in [1.54, 1.807) is 75.1 Å². The summed E-state index contributed by atoms with van der Waals surface area (Å²) in [5, 5.41) is 68.7. The zero-order valence-corrected chi connectivity index (χ0v) is 82.5. The number of rotatable bonds is 20. The van der Waals surface area contributed by atoms with Crippen LogP contribution in [0.2, 0.25) is 0 Å². The predicted octanol–water partition coefficient (Wildman–Crippen LogP) is 18.0. The fourth-order valence-corrected chi connectivity index (χ4v) is 36.5. The fourth-order valence-electron chi connectivity index (χ4n) is 36.5. The molecule has 4 N–H and O–H groups in total. The van der Waals surface area contributed by atoms with E-state index in [-0.39, 0.29) is 51.9 Å². The van der Waals surface area contributed by atoms with Crippen molar-refractivity contribution in [3.63, 3.8) is 0 Å². The van der Waals surface area contributed by atoms with E-state index in [0.717, 1.165) is 224 Å². The predicted molar refractivity (Wildman–Crippen MR) is 518 cm³/mol. The van der Waals surface area contributed by atoms with Gasteiger partial charge in [-0.15, -0.1) is 0 Å². The number of methoxy groups -OCH3 is 4. The number of fused-ring (bicyclic) bond motifs is 24. The molecule has 16 aliphatic rings. The molecule has 136 heavy (non-hydrogen) atoms. The first-order valence-electron chi connectivity index (χ1n) is 53.5. The van der Waals surface area contributed by atoms with Crippen LogP contribution in [0.25, 0.3) is 43.9 Å². The number of ether oxygens (including phenoxy) is 4. The summed E-state index contributed by atoms with van der Waals surface area (Å²) < 4.78 is 26.8. The van der Waals surface area contributed by atoms with Gasteiger partial charge in [-0.1, -0.05) is 27.7 Å². The molecule has 0 spiro atoms. The summed E-state index contributed by atoms with van der Waals surface area (Å²) in [4.78, 5) is 72.7. The van der Waals surface area contributed by atoms with Crippen LogP contribution in [0.5, 0.6) is 0 Å². The van der Waals surface area contributed by atoms with Crippen molar-refractivity contribution in [2.24, 2.45) is 164 Å². The lowest BCUT2D eigenvalue weighted by Gasteiger charge is -2.57. The standard InChI is InChI=1S/3C28H39N3O3.C27H38N4O3/c1-27-10-7-21-20-8-11-28(33,17-34-2)13-18(20)3-4-22(21)23(27)5-6-24(27)26(32)16-31-15-19-9-12-29-14-25(19)30-31;1-27-10-7-21-20-8-11-28(33,17-34-2)13-18(20)3-4-22(21)23(27)5-6-24(27)26(32)16-31-25-15-29-12-9-19(25)14-30-31;1-27-11-9-20-19-10-12-28(33,17-34-2)14-18(19)5-6-21(20)22(27)7-8-23(27)26(32)16-31-15-25-24(30-31)4-3-13-29-25;1-26-10-7-19-18-8-11-27(33,16-34-2)13-17(18)3-4-20(19)21(26)5-6-22(26)25(32)15-31-29-23-9-12-28-14-24(23)30-31/h2*9,12,14-15,18,20-24,33H,3-8,10-11,13,16-17H2,1-2H3;3-4,13,15,18-23,33H,5-12,14,16-17H2,1-2H3;9,12,14,17-22,33H,3-8,10-11,13,15-16H2,1-2H3/t2*18-,20-,21+,22+,23-,24+,27-,28+;18-,19-,20+,21+,22-,23+,27-,28+;17-,18-,19+,20+,21-,22+,26-,27+/m0000/s1. The zero-order chi connectivity index (χ0) is 94.0. The Morgan fingerprint density at radius 1 is 0.331 bits per heavy atom. The summed E-state index contributed by atoms with van der Waals surface area (Å²) in [5.74, 6) is 16.2. The Morgan fingerprint density at radius 3 is 1.09 bits per heavy atom. The second-order valence-electron chi connectivity index (χ2n) is 48.7. The monoisotopic (exact) mass is 1860 g/mol. The number of aromatic nitrogens is 13. The number of ketones is 4. The molecule has 736 valence electrons. The van der Waals surface area contributed by atoms with Crippen LogP contribution in [0.4, 0.5) is 0 Å². The first-order chi connectivity index (χ1) is 65.6. The Balaban J connectivity index is 0.000000108. The number of pyridine rings is 4. The lowest BCUT2D eigenvalue weighted by molar-refractivity contribution is -0.137. The maximum atomic E-state index is 13.6. The van der Waals surface area contributed by atoms with Gasteiger partial charge in [0.15, 0.2) is 23.1 Å². The number of nitrogens with zero attached hydrogens (tertiary/aromatic N) is 13. The largest absolute Gasteiger partial charge is 0.387 e. The van der Waals surface area contributed by atoms with Crippen molar-refractivity contribution in [1.82, 2.24) is 64.3 Å². The van der Waals surface area contributed by atoms with Crippen molar-refractivity contribution in [2.75, 3.05) is 54.9 Å². The van der Waals surface area contributed by atoms with E-state index in [4.69, 9.17) is 18.9 Å². The van der Waals surface area contributed by atoms with Gasteiger partial charge in [0.05, 0.1) is 98.4 Å². The van der Waals surface area contributed by atoms with E-state index in [1.165, 1.54) is 122 Å². The number of Topliss-reactive ketones (excluding diaryl/α,β-unsaturated/α-hetero) is 4. The molecule has 16 fully saturated rings. The highest BCUT2D eigenvalue weighted by Gasteiger charge is 2.65. The van der Waals surface area contributed by atoms with Crippen LogP contribution in [0.1, 0.15) is 259 Å². The molecular formula is C111H155N13O12. The maximum absolute atomic E-state index is 13.6. The van der Waals surface area contributed by atoms with Gasteiger partial charge in [0.25, 0.3) is 0 Å². The molecule has 25 nitrogen and oxygen atoms in total. The average molecular weight is 1860 g/mol. The van der Waals surface area contributed by atoms with Crippen molar-refractivity contribution in [2.45, 2.75) is 307 Å². The molecule has 8 aromatic rings. The van der Waals surface area contributed by atoms with Crippen molar-refractivity contribution in [3.8, 4) is 0 Å². The van der Waals surface area contributed by atoms with Crippen molar-refractivity contribution < 1.29 is 58.6 Å². The smallest absolute Gasteiger partial charge is 0.159 e. The number of aliphatic hydroxyl groups is 4. The Bertz CT molecular complexity index is 5110. The molecule has 0 aromatic carbocycles. The summed E-state index contributed by atoms with van der Waals surface area (Å²) >= 11 is 0. The first-order valence-corrected chi connectivity index (χ1v) is 53.5. The summed E-state index contributed by atoms with van der Waals surface area (Å²) in [6, 6.07) is 9.59. The Labute approximate surface area is 803 Å². The number of hydrogen-bond acceptors (Lipinski definition) is 21. The molecule has 0 amide bonds. The van der Waals surface area contributed by atoms with E-state index in [1.807, 2.05) is 64.5 Å². The molecule has 24 rings (SSSR count). The van der Waals surface area contributed by atoms with Gasteiger partial charge in [-0.25, -0.2) is 0 Å². The van der Waals surface area contributed by atoms with Gasteiger partial charge in [0.2, 0.25) is 0 Å². The number of hydrogen-bond donors (Lipinski definition) is 4. The van der Waals surface area contributed by atoms with Crippen molar-refractivity contribution in [1.29, 1.82) is 0 Å². The van der Waals surface area contributed by atoms with Gasteiger partial charge >= 0.3 is 0 Å². The first kappa shape index (κ1) is 95.0. The highest BCUT2D eigenvalue weighted by molar-refractivity contribution is 5.86. The number of carbonyl (C=O) groups is 4. The Kier molecular flexibility index (Phi) is 26.5. The van der Waals surface area contributed by atoms with Gasteiger partial charge < -0.3 is 39.4 Å². The molecule has 32 atom stereocenters. The van der Waals surface area contributed by atoms with Crippen LogP contribution in [0, 0.1) is 164 Å². The van der Waals surface area contributed by atoms with Crippen LogP contribution >= 0.6 is 0 Å². The van der Waals surface area contributed by atoms with E-state index >= 15 is 0 Å². The van der Waals surface area contributed by atoms with Gasteiger partial charge in [-0.2, -0.15) is 30.3 Å². The molecule has 16 saturated carbocycles.